The second-order valence-corrected chi connectivity index (χ2v) is 9.60. The molecule has 8 nitrogen and oxygen atoms in total. The van der Waals surface area contributed by atoms with Crippen molar-refractivity contribution in [1.29, 1.82) is 0 Å². The number of nitrogens with zero attached hydrogens (tertiary/aromatic N) is 3. The van der Waals surface area contributed by atoms with E-state index in [1.807, 2.05) is 4.90 Å². The fraction of sp³-hybridized carbons (Fsp3) is 0.542. The minimum absolute atomic E-state index is 0.0843. The molecule has 1 aromatic heterocycles. The van der Waals surface area contributed by atoms with Gasteiger partial charge in [-0.2, -0.15) is 31.4 Å². The van der Waals surface area contributed by atoms with Crippen LogP contribution in [0.5, 0.6) is 0 Å². The van der Waals surface area contributed by atoms with Gasteiger partial charge in [0.2, 0.25) is 5.91 Å². The molecule has 2 aromatic rings. The second kappa shape index (κ2) is 10.9. The van der Waals surface area contributed by atoms with Gasteiger partial charge in [0.05, 0.1) is 30.3 Å². The van der Waals surface area contributed by atoms with Gasteiger partial charge in [0.25, 0.3) is 5.91 Å². The Bertz CT molecular complexity index is 1140. The highest BCUT2D eigenvalue weighted by molar-refractivity contribution is 5.96. The number of β-amino-alcohol motifs (C(OH)–C–C–N with tert-alkyl or cyclic N) is 1. The number of hydrogen-bond donors (Lipinski definition) is 3. The van der Waals surface area contributed by atoms with Crippen LogP contribution in [-0.4, -0.2) is 69.4 Å². The number of carbonyl (C=O) groups excluding carboxylic acids is 2. The molecular formula is C24H27F6N5O3. The normalized spacial score (nSPS) is 24.8. The Hall–Kier alpha value is -3.13. The van der Waals surface area contributed by atoms with Gasteiger partial charge in [-0.25, -0.2) is 0 Å². The van der Waals surface area contributed by atoms with E-state index in [1.165, 1.54) is 16.9 Å². The van der Waals surface area contributed by atoms with Gasteiger partial charge in [-0.3, -0.25) is 19.2 Å². The van der Waals surface area contributed by atoms with Gasteiger partial charge in [0.1, 0.15) is 0 Å². The Labute approximate surface area is 214 Å². The lowest BCUT2D eigenvalue weighted by Gasteiger charge is -2.34. The lowest BCUT2D eigenvalue weighted by Crippen LogP contribution is -2.47. The minimum atomic E-state index is -4.60. The van der Waals surface area contributed by atoms with Crippen molar-refractivity contribution >= 4 is 11.8 Å². The molecule has 0 bridgehead atoms. The Morgan fingerprint density at radius 2 is 1.66 bits per heavy atom. The van der Waals surface area contributed by atoms with Crippen molar-refractivity contribution in [3.63, 3.8) is 0 Å². The SMILES string of the molecule is O=C(CNC(=O)c1cccc(C(F)(F)F)c1)N[C@H]1CN(C2CCC(n3ccc(C(F)(F)F)n3)CC2)CC1O. The molecule has 1 aliphatic heterocycles. The molecule has 0 radical (unpaired) electrons. The predicted octanol–water partition coefficient (Wildman–Crippen LogP) is 3.00. The van der Waals surface area contributed by atoms with Gasteiger partial charge in [0, 0.05) is 30.9 Å². The molecule has 14 heteroatoms. The van der Waals surface area contributed by atoms with Gasteiger partial charge >= 0.3 is 12.4 Å². The van der Waals surface area contributed by atoms with Crippen molar-refractivity contribution in [3.8, 4) is 0 Å². The lowest BCUT2D eigenvalue weighted by molar-refractivity contribution is -0.141. The van der Waals surface area contributed by atoms with Crippen molar-refractivity contribution in [1.82, 2.24) is 25.3 Å². The molecule has 2 aliphatic rings. The smallest absolute Gasteiger partial charge is 0.390 e. The van der Waals surface area contributed by atoms with E-state index in [1.54, 1.807) is 0 Å². The molecule has 4 rings (SSSR count). The van der Waals surface area contributed by atoms with Gasteiger partial charge in [0.15, 0.2) is 5.69 Å². The van der Waals surface area contributed by atoms with Crippen molar-refractivity contribution in [2.24, 2.45) is 0 Å². The predicted molar refractivity (Wildman–Crippen MR) is 122 cm³/mol. The Kier molecular flexibility index (Phi) is 8.02. The Morgan fingerprint density at radius 1 is 0.974 bits per heavy atom. The quantitative estimate of drug-likeness (QED) is 0.483. The number of aliphatic hydroxyl groups is 1. The molecule has 1 saturated carbocycles. The molecule has 2 fully saturated rings. The zero-order valence-corrected chi connectivity index (χ0v) is 20.1. The van der Waals surface area contributed by atoms with Crippen LogP contribution in [0.15, 0.2) is 36.5 Å². The molecular weight excluding hydrogens is 520 g/mol. The van der Waals surface area contributed by atoms with Crippen LogP contribution in [0.3, 0.4) is 0 Å². The molecule has 2 atom stereocenters. The van der Waals surface area contributed by atoms with E-state index in [-0.39, 0.29) is 17.6 Å². The summed E-state index contributed by atoms with van der Waals surface area (Å²) in [5.74, 6) is -1.43. The molecule has 1 unspecified atom stereocenters. The summed E-state index contributed by atoms with van der Waals surface area (Å²) in [5.41, 5.74) is -2.14. The van der Waals surface area contributed by atoms with E-state index in [0.29, 0.717) is 44.8 Å². The van der Waals surface area contributed by atoms with E-state index in [9.17, 15) is 41.0 Å². The first kappa shape index (κ1) is 27.9. The summed E-state index contributed by atoms with van der Waals surface area (Å²) < 4.78 is 78.4. The highest BCUT2D eigenvalue weighted by atomic mass is 19.4. The number of hydrogen-bond acceptors (Lipinski definition) is 5. The van der Waals surface area contributed by atoms with Gasteiger partial charge in [-0.05, 0) is 49.9 Å². The number of amides is 2. The van der Waals surface area contributed by atoms with Gasteiger partial charge < -0.3 is 15.7 Å². The van der Waals surface area contributed by atoms with Crippen molar-refractivity contribution in [2.45, 2.75) is 62.3 Å². The zero-order valence-electron chi connectivity index (χ0n) is 20.1. The van der Waals surface area contributed by atoms with Crippen LogP contribution in [0.25, 0.3) is 0 Å². The summed E-state index contributed by atoms with van der Waals surface area (Å²) in [5, 5.41) is 19.0. The maximum Gasteiger partial charge on any atom is 0.435 e. The standard InChI is InChI=1S/C24H27F6N5O3/c25-23(26,27)15-3-1-2-14(10-15)22(38)31-11-21(37)32-18-12-34(13-19(18)36)16-4-6-17(7-5-16)35-9-8-20(33-35)24(28,29)30/h1-3,8-10,16-19,36H,4-7,11-13H2,(H,31,38)(H,32,37)/t16?,17?,18-,19?/m0/s1. The van der Waals surface area contributed by atoms with Gasteiger partial charge in [-0.15, -0.1) is 0 Å². The molecule has 2 amide bonds. The third kappa shape index (κ3) is 6.65. The van der Waals surface area contributed by atoms with Crippen LogP contribution in [0.2, 0.25) is 0 Å². The van der Waals surface area contributed by atoms with Crippen LogP contribution in [-0.2, 0) is 17.1 Å². The van der Waals surface area contributed by atoms with Crippen LogP contribution < -0.4 is 10.6 Å². The molecule has 38 heavy (non-hydrogen) atoms. The van der Waals surface area contributed by atoms with E-state index >= 15 is 0 Å². The topological polar surface area (TPSA) is 99.5 Å². The number of carbonyl (C=O) groups is 2. The molecule has 2 heterocycles. The lowest BCUT2D eigenvalue weighted by atomic mass is 9.90. The fourth-order valence-electron chi connectivity index (χ4n) is 4.99. The highest BCUT2D eigenvalue weighted by Crippen LogP contribution is 2.34. The third-order valence-corrected chi connectivity index (χ3v) is 6.98. The first-order chi connectivity index (χ1) is 17.8. The zero-order chi connectivity index (χ0) is 27.7. The summed E-state index contributed by atoms with van der Waals surface area (Å²) in [4.78, 5) is 26.6. The van der Waals surface area contributed by atoms with Crippen LogP contribution in [0, 0.1) is 0 Å². The van der Waals surface area contributed by atoms with Crippen LogP contribution >= 0.6 is 0 Å². The number of benzene rings is 1. The number of halogens is 6. The number of nitrogens with one attached hydrogen (secondary N) is 2. The summed E-state index contributed by atoms with van der Waals surface area (Å²) in [6.07, 6.45) is -6.01. The van der Waals surface area contributed by atoms with Crippen LogP contribution in [0.1, 0.15) is 53.3 Å². The number of aromatic nitrogens is 2. The summed E-state index contributed by atoms with van der Waals surface area (Å²) >= 11 is 0. The van der Waals surface area contributed by atoms with Crippen molar-refractivity contribution in [3.05, 3.63) is 53.3 Å². The van der Waals surface area contributed by atoms with Crippen molar-refractivity contribution < 1.29 is 41.0 Å². The Balaban J connectivity index is 1.23. The molecule has 208 valence electrons. The first-order valence-electron chi connectivity index (χ1n) is 12.1. The monoisotopic (exact) mass is 547 g/mol. The van der Waals surface area contributed by atoms with Crippen LogP contribution in [0.4, 0.5) is 26.3 Å². The average Bonchev–Trinajstić information content (AvgIpc) is 3.50. The third-order valence-electron chi connectivity index (χ3n) is 6.98. The van der Waals surface area contributed by atoms with Gasteiger partial charge in [-0.1, -0.05) is 6.07 Å². The maximum atomic E-state index is 12.8. The van der Waals surface area contributed by atoms with E-state index in [4.69, 9.17) is 0 Å². The van der Waals surface area contributed by atoms with E-state index in [0.717, 1.165) is 18.2 Å². The first-order valence-corrected chi connectivity index (χ1v) is 12.1. The summed E-state index contributed by atoms with van der Waals surface area (Å²) in [6.45, 7) is 0.174. The highest BCUT2D eigenvalue weighted by Gasteiger charge is 2.38. The average molecular weight is 548 g/mol. The number of likely N-dealkylation sites (tertiary alicyclic amines) is 1. The van der Waals surface area contributed by atoms with Crippen molar-refractivity contribution in [2.75, 3.05) is 19.6 Å². The maximum absolute atomic E-state index is 12.8. The van der Waals surface area contributed by atoms with E-state index < -0.39 is 54.1 Å². The molecule has 0 spiro atoms. The molecule has 1 aliphatic carbocycles. The second-order valence-electron chi connectivity index (χ2n) is 9.60. The molecule has 1 saturated heterocycles. The minimum Gasteiger partial charge on any atom is -0.390 e. The molecule has 1 aromatic carbocycles. The Morgan fingerprint density at radius 3 is 2.29 bits per heavy atom. The fourth-order valence-corrected chi connectivity index (χ4v) is 4.99. The van der Waals surface area contributed by atoms with E-state index in [2.05, 4.69) is 15.7 Å². The largest absolute Gasteiger partial charge is 0.435 e. The number of aliphatic hydroxyl groups excluding tert-OH is 1. The summed E-state index contributed by atoms with van der Waals surface area (Å²) in [6, 6.07) is 4.13. The molecule has 3 N–H and O–H groups in total. The summed E-state index contributed by atoms with van der Waals surface area (Å²) in [7, 11) is 0. The number of rotatable bonds is 6. The number of alkyl halides is 6.